The maximum Gasteiger partial charge on any atom is 0.329 e. The van der Waals surface area contributed by atoms with Gasteiger partial charge in [0.15, 0.2) is 0 Å². The van der Waals surface area contributed by atoms with E-state index in [4.69, 9.17) is 8.92 Å². The molecule has 3 atom stereocenters. The summed E-state index contributed by atoms with van der Waals surface area (Å²) in [5, 5.41) is -0.863. The van der Waals surface area contributed by atoms with Gasteiger partial charge in [-0.05, 0) is 6.92 Å². The van der Waals surface area contributed by atoms with E-state index in [0.717, 1.165) is 6.26 Å². The van der Waals surface area contributed by atoms with Gasteiger partial charge in [-0.1, -0.05) is 0 Å². The molecule has 2 rings (SSSR count). The second-order valence-corrected chi connectivity index (χ2v) is 8.55. The maximum atomic E-state index is 12.0. The number of aryl methyl sites for hydroxylation is 1. The molecule has 0 radical (unpaired) electrons. The Bertz CT molecular complexity index is 843. The third kappa shape index (κ3) is 4.71. The van der Waals surface area contributed by atoms with Crippen molar-refractivity contribution in [3.8, 4) is 0 Å². The number of nitrogens with one attached hydrogen (secondary N) is 1. The fourth-order valence-corrected chi connectivity index (χ4v) is 4.31. The summed E-state index contributed by atoms with van der Waals surface area (Å²) in [5.41, 5.74) is -0.669. The number of hydrogen-bond donors (Lipinski definition) is 1. The van der Waals surface area contributed by atoms with Crippen molar-refractivity contribution in [3.63, 3.8) is 0 Å². The molecule has 9 nitrogen and oxygen atoms in total. The molecule has 1 unspecified atom stereocenters. The molecule has 1 aromatic rings. The minimum absolute atomic E-state index is 0.172. The van der Waals surface area contributed by atoms with Gasteiger partial charge in [0.2, 0.25) is 0 Å². The molecule has 2 heterocycles. The molecule has 0 saturated carbocycles. The first-order chi connectivity index (χ1) is 11.1. The van der Waals surface area contributed by atoms with E-state index in [0.29, 0.717) is 12.0 Å². The topological polar surface area (TPSA) is 125 Å². The molecule has 1 N–H and O–H groups in total. The SMILES string of the molecule is CC(=O)OC1C[C@H](n2cc(C)c(=O)[nH]c2=O)S[C@@H]1COS(C)(=O)=O. The van der Waals surface area contributed by atoms with E-state index in [2.05, 4.69) is 4.98 Å². The van der Waals surface area contributed by atoms with E-state index in [-0.39, 0.29) is 6.61 Å². The van der Waals surface area contributed by atoms with Crippen LogP contribution in [-0.4, -0.2) is 48.2 Å². The van der Waals surface area contributed by atoms with Crippen LogP contribution in [-0.2, 0) is 23.8 Å². The predicted octanol–water partition coefficient (Wildman–Crippen LogP) is -0.243. The summed E-state index contributed by atoms with van der Waals surface area (Å²) in [5.74, 6) is -0.504. The van der Waals surface area contributed by atoms with E-state index in [1.54, 1.807) is 6.92 Å². The van der Waals surface area contributed by atoms with Crippen molar-refractivity contribution >= 4 is 27.8 Å². The Kier molecular flexibility index (Phi) is 5.56. The predicted molar refractivity (Wildman–Crippen MR) is 87.4 cm³/mol. The summed E-state index contributed by atoms with van der Waals surface area (Å²) in [6, 6.07) is 0. The lowest BCUT2D eigenvalue weighted by Crippen LogP contribution is -2.32. The number of thioether (sulfide) groups is 1. The Labute approximate surface area is 142 Å². The molecule has 0 bridgehead atoms. The number of carbonyl (C=O) groups is 1. The van der Waals surface area contributed by atoms with Crippen molar-refractivity contribution in [3.05, 3.63) is 32.6 Å². The minimum atomic E-state index is -3.64. The molecule has 0 aliphatic carbocycles. The molecule has 0 aromatic carbocycles. The number of H-pyrrole nitrogens is 1. The molecule has 134 valence electrons. The van der Waals surface area contributed by atoms with Crippen molar-refractivity contribution in [1.82, 2.24) is 9.55 Å². The standard InChI is InChI=1S/C13H18N2O7S2/c1-7-5-15(13(18)14-12(7)17)11-4-9(22-8(2)16)10(23-11)6-21-24(3,19)20/h5,9-11H,4,6H2,1-3H3,(H,14,17,18)/t9?,10-,11-/m1/s1. The van der Waals surface area contributed by atoms with Gasteiger partial charge < -0.3 is 4.74 Å². The third-order valence-electron chi connectivity index (χ3n) is 3.40. The monoisotopic (exact) mass is 378 g/mol. The van der Waals surface area contributed by atoms with Crippen LogP contribution >= 0.6 is 11.8 Å². The van der Waals surface area contributed by atoms with Gasteiger partial charge in [-0.25, -0.2) is 4.79 Å². The molecule has 0 amide bonds. The summed E-state index contributed by atoms with van der Waals surface area (Å²) >= 11 is 1.26. The molecule has 1 aliphatic heterocycles. The normalized spacial score (nSPS) is 24.0. The van der Waals surface area contributed by atoms with E-state index in [1.807, 2.05) is 0 Å². The van der Waals surface area contributed by atoms with Gasteiger partial charge in [-0.15, -0.1) is 11.8 Å². The molecule has 1 aromatic heterocycles. The summed E-state index contributed by atoms with van der Waals surface area (Å²) < 4.78 is 33.7. The zero-order valence-electron chi connectivity index (χ0n) is 13.3. The van der Waals surface area contributed by atoms with E-state index >= 15 is 0 Å². The third-order valence-corrected chi connectivity index (χ3v) is 5.49. The highest BCUT2D eigenvalue weighted by Gasteiger charge is 2.39. The van der Waals surface area contributed by atoms with Gasteiger partial charge in [0.1, 0.15) is 6.10 Å². The lowest BCUT2D eigenvalue weighted by atomic mass is 10.2. The maximum absolute atomic E-state index is 12.0. The lowest BCUT2D eigenvalue weighted by Gasteiger charge is -2.17. The van der Waals surface area contributed by atoms with Gasteiger partial charge in [-0.2, -0.15) is 8.42 Å². The number of nitrogens with zero attached hydrogens (tertiary/aromatic N) is 1. The van der Waals surface area contributed by atoms with Crippen molar-refractivity contribution in [2.75, 3.05) is 12.9 Å². The summed E-state index contributed by atoms with van der Waals surface area (Å²) in [4.78, 5) is 36.9. The summed E-state index contributed by atoms with van der Waals surface area (Å²) in [7, 11) is -3.64. The molecule has 1 saturated heterocycles. The molecular formula is C13H18N2O7S2. The Balaban J connectivity index is 2.25. The van der Waals surface area contributed by atoms with Gasteiger partial charge >= 0.3 is 11.7 Å². The van der Waals surface area contributed by atoms with Crippen molar-refractivity contribution in [1.29, 1.82) is 0 Å². The van der Waals surface area contributed by atoms with Gasteiger partial charge in [0.05, 0.1) is 23.5 Å². The van der Waals surface area contributed by atoms with E-state index in [1.165, 1.54) is 29.4 Å². The zero-order valence-corrected chi connectivity index (χ0v) is 15.0. The molecule has 11 heteroatoms. The fraction of sp³-hybridized carbons (Fsp3) is 0.615. The summed E-state index contributed by atoms with van der Waals surface area (Å²) in [6.45, 7) is 2.65. The fourth-order valence-electron chi connectivity index (χ4n) is 2.35. The van der Waals surface area contributed by atoms with Crippen LogP contribution in [0.4, 0.5) is 0 Å². The molecule has 1 aliphatic rings. The highest BCUT2D eigenvalue weighted by atomic mass is 32.2. The molecular weight excluding hydrogens is 360 g/mol. The van der Waals surface area contributed by atoms with Crippen LogP contribution < -0.4 is 11.2 Å². The first-order valence-corrected chi connectivity index (χ1v) is 9.82. The van der Waals surface area contributed by atoms with E-state index in [9.17, 15) is 22.8 Å². The molecule has 24 heavy (non-hydrogen) atoms. The Morgan fingerprint density at radius 3 is 2.71 bits per heavy atom. The number of rotatable bonds is 5. The molecule has 1 fully saturated rings. The van der Waals surface area contributed by atoms with E-state index < -0.39 is 44.1 Å². The van der Waals surface area contributed by atoms with Crippen molar-refractivity contribution in [2.24, 2.45) is 0 Å². The first-order valence-electron chi connectivity index (χ1n) is 7.06. The van der Waals surface area contributed by atoms with Crippen LogP contribution in [0.1, 0.15) is 24.3 Å². The van der Waals surface area contributed by atoms with Crippen LogP contribution in [0.2, 0.25) is 0 Å². The highest BCUT2D eigenvalue weighted by Crippen LogP contribution is 2.42. The van der Waals surface area contributed by atoms with Gasteiger partial charge in [-0.3, -0.25) is 23.3 Å². The minimum Gasteiger partial charge on any atom is -0.461 e. The second-order valence-electron chi connectivity index (χ2n) is 5.48. The number of esters is 1. The van der Waals surface area contributed by atoms with Crippen LogP contribution in [0, 0.1) is 6.92 Å². The average molecular weight is 378 g/mol. The molecule has 0 spiro atoms. The van der Waals surface area contributed by atoms with Crippen molar-refractivity contribution in [2.45, 2.75) is 37.0 Å². The number of hydrogen-bond acceptors (Lipinski definition) is 8. The summed E-state index contributed by atoms with van der Waals surface area (Å²) in [6.07, 6.45) is 2.07. The van der Waals surface area contributed by atoms with Gasteiger partial charge in [0, 0.05) is 25.1 Å². The lowest BCUT2D eigenvalue weighted by molar-refractivity contribution is -0.146. The number of carbonyl (C=O) groups excluding carboxylic acids is 1. The smallest absolute Gasteiger partial charge is 0.329 e. The van der Waals surface area contributed by atoms with Gasteiger partial charge in [0.25, 0.3) is 15.7 Å². The second kappa shape index (κ2) is 7.11. The zero-order chi connectivity index (χ0) is 18.1. The Hall–Kier alpha value is -1.59. The van der Waals surface area contributed by atoms with Crippen LogP contribution in [0.3, 0.4) is 0 Å². The van der Waals surface area contributed by atoms with Crippen LogP contribution in [0.15, 0.2) is 15.8 Å². The van der Waals surface area contributed by atoms with Crippen LogP contribution in [0.25, 0.3) is 0 Å². The quantitative estimate of drug-likeness (QED) is 0.550. The van der Waals surface area contributed by atoms with Crippen molar-refractivity contribution < 1.29 is 22.1 Å². The Morgan fingerprint density at radius 1 is 1.46 bits per heavy atom. The number of aromatic amines is 1. The van der Waals surface area contributed by atoms with Crippen LogP contribution in [0.5, 0.6) is 0 Å². The average Bonchev–Trinajstić information content (AvgIpc) is 2.82. The number of aromatic nitrogens is 2. The largest absolute Gasteiger partial charge is 0.461 e. The Morgan fingerprint density at radius 2 is 2.12 bits per heavy atom. The first kappa shape index (κ1) is 18.7. The number of ether oxygens (including phenoxy) is 1. The highest BCUT2D eigenvalue weighted by molar-refractivity contribution is 8.00.